The Labute approximate surface area is 104 Å². The van der Waals surface area contributed by atoms with Crippen LogP contribution < -0.4 is 16.6 Å². The Morgan fingerprint density at radius 3 is 2.71 bits per heavy atom. The molecule has 3 heteroatoms. The molecule has 4 N–H and O–H groups in total. The smallest absolute Gasteiger partial charge is 0.0764 e. The molecule has 1 aromatic rings. The second-order valence-corrected chi connectivity index (χ2v) is 5.49. The molecule has 17 heavy (non-hydrogen) atoms. The summed E-state index contributed by atoms with van der Waals surface area (Å²) in [4.78, 5) is 0. The van der Waals surface area contributed by atoms with Crippen LogP contribution in [0.4, 0.5) is 0 Å². The first-order valence-corrected chi connectivity index (χ1v) is 6.41. The van der Waals surface area contributed by atoms with Crippen molar-refractivity contribution in [3.63, 3.8) is 0 Å². The normalized spacial score (nSPS) is 28.9. The topological polar surface area (TPSA) is 50.1 Å². The summed E-state index contributed by atoms with van der Waals surface area (Å²) in [7, 11) is 0. The monoisotopic (exact) mass is 233 g/mol. The quantitative estimate of drug-likeness (QED) is 0.747. The average molecular weight is 233 g/mol. The fourth-order valence-electron chi connectivity index (χ4n) is 2.66. The summed E-state index contributed by atoms with van der Waals surface area (Å²) in [6, 6.07) is 9.09. The minimum absolute atomic E-state index is 0.000509. The lowest BCUT2D eigenvalue weighted by molar-refractivity contribution is 0.422. The molecule has 1 fully saturated rings. The van der Waals surface area contributed by atoms with Gasteiger partial charge in [-0.1, -0.05) is 43.7 Å². The molecule has 1 aromatic carbocycles. The van der Waals surface area contributed by atoms with Gasteiger partial charge in [0, 0.05) is 12.0 Å². The Balaban J connectivity index is 2.21. The SMILES string of the molecule is Cc1cccc(C2C(N)NNC2CC(C)C)c1. The number of hydrogen-bond acceptors (Lipinski definition) is 3. The van der Waals surface area contributed by atoms with Crippen LogP contribution in [0, 0.1) is 12.8 Å². The molecule has 1 saturated heterocycles. The van der Waals surface area contributed by atoms with Crippen LogP contribution in [0.15, 0.2) is 24.3 Å². The van der Waals surface area contributed by atoms with Crippen LogP contribution in [0.1, 0.15) is 37.3 Å². The number of benzene rings is 1. The molecule has 3 unspecified atom stereocenters. The van der Waals surface area contributed by atoms with E-state index in [-0.39, 0.29) is 6.17 Å². The maximum absolute atomic E-state index is 6.15. The molecule has 3 nitrogen and oxygen atoms in total. The van der Waals surface area contributed by atoms with E-state index in [4.69, 9.17) is 5.73 Å². The summed E-state index contributed by atoms with van der Waals surface area (Å²) in [6.07, 6.45) is 1.14. The highest BCUT2D eigenvalue weighted by molar-refractivity contribution is 5.28. The van der Waals surface area contributed by atoms with Crippen LogP contribution in [0.25, 0.3) is 0 Å². The Kier molecular flexibility index (Phi) is 3.82. The van der Waals surface area contributed by atoms with Crippen LogP contribution in [0.2, 0.25) is 0 Å². The molecule has 0 radical (unpaired) electrons. The van der Waals surface area contributed by atoms with Crippen molar-refractivity contribution in [2.75, 3.05) is 0 Å². The largest absolute Gasteiger partial charge is 0.314 e. The van der Waals surface area contributed by atoms with Gasteiger partial charge in [0.05, 0.1) is 6.17 Å². The third kappa shape index (κ3) is 2.86. The summed E-state index contributed by atoms with van der Waals surface area (Å²) in [5, 5.41) is 0. The molecule has 1 aliphatic heterocycles. The number of hydrogen-bond donors (Lipinski definition) is 3. The van der Waals surface area contributed by atoms with Crippen molar-refractivity contribution in [1.29, 1.82) is 0 Å². The molecular formula is C14H23N3. The molecule has 2 rings (SSSR count). The second kappa shape index (κ2) is 5.17. The van der Waals surface area contributed by atoms with Crippen LogP contribution >= 0.6 is 0 Å². The number of nitrogens with two attached hydrogens (primary N) is 1. The van der Waals surface area contributed by atoms with E-state index in [9.17, 15) is 0 Å². The summed E-state index contributed by atoms with van der Waals surface area (Å²) in [6.45, 7) is 6.62. The molecule has 94 valence electrons. The Morgan fingerprint density at radius 1 is 1.29 bits per heavy atom. The zero-order valence-corrected chi connectivity index (χ0v) is 10.9. The molecule has 1 heterocycles. The third-order valence-corrected chi connectivity index (χ3v) is 3.41. The van der Waals surface area contributed by atoms with Gasteiger partial charge in [-0.2, -0.15) is 0 Å². The van der Waals surface area contributed by atoms with Crippen molar-refractivity contribution < 1.29 is 0 Å². The zero-order valence-electron chi connectivity index (χ0n) is 10.9. The van der Waals surface area contributed by atoms with E-state index < -0.39 is 0 Å². The van der Waals surface area contributed by atoms with E-state index in [2.05, 4.69) is 55.9 Å². The maximum atomic E-state index is 6.15. The third-order valence-electron chi connectivity index (χ3n) is 3.41. The van der Waals surface area contributed by atoms with Gasteiger partial charge in [0.1, 0.15) is 0 Å². The molecular weight excluding hydrogens is 210 g/mol. The maximum Gasteiger partial charge on any atom is 0.0764 e. The first-order valence-electron chi connectivity index (χ1n) is 6.41. The van der Waals surface area contributed by atoms with Gasteiger partial charge in [-0.3, -0.25) is 5.43 Å². The molecule has 0 aliphatic carbocycles. The summed E-state index contributed by atoms with van der Waals surface area (Å²) in [5.74, 6) is 1.03. The average Bonchev–Trinajstić information content (AvgIpc) is 2.59. The highest BCUT2D eigenvalue weighted by atomic mass is 15.5. The van der Waals surface area contributed by atoms with Crippen molar-refractivity contribution in [2.24, 2.45) is 11.7 Å². The van der Waals surface area contributed by atoms with Gasteiger partial charge in [0.2, 0.25) is 0 Å². The Morgan fingerprint density at radius 2 is 2.06 bits per heavy atom. The minimum Gasteiger partial charge on any atom is -0.314 e. The van der Waals surface area contributed by atoms with E-state index in [1.54, 1.807) is 0 Å². The van der Waals surface area contributed by atoms with E-state index in [0.717, 1.165) is 6.42 Å². The van der Waals surface area contributed by atoms with Gasteiger partial charge >= 0.3 is 0 Å². The fraction of sp³-hybridized carbons (Fsp3) is 0.571. The molecule has 0 aromatic heterocycles. The van der Waals surface area contributed by atoms with Crippen molar-refractivity contribution in [3.05, 3.63) is 35.4 Å². The summed E-state index contributed by atoms with van der Waals surface area (Å²) < 4.78 is 0. The van der Waals surface area contributed by atoms with Crippen LogP contribution in [0.3, 0.4) is 0 Å². The van der Waals surface area contributed by atoms with Gasteiger partial charge in [-0.25, -0.2) is 5.43 Å². The van der Waals surface area contributed by atoms with Crippen molar-refractivity contribution in [3.8, 4) is 0 Å². The van der Waals surface area contributed by atoms with Crippen LogP contribution in [-0.2, 0) is 0 Å². The minimum atomic E-state index is 0.000509. The molecule has 0 spiro atoms. The number of rotatable bonds is 3. The lowest BCUT2D eigenvalue weighted by atomic mass is 9.86. The van der Waals surface area contributed by atoms with Gasteiger partial charge < -0.3 is 5.73 Å². The highest BCUT2D eigenvalue weighted by Crippen LogP contribution is 2.29. The fourth-order valence-corrected chi connectivity index (χ4v) is 2.66. The summed E-state index contributed by atoms with van der Waals surface area (Å²) >= 11 is 0. The van der Waals surface area contributed by atoms with E-state index in [1.807, 2.05) is 0 Å². The van der Waals surface area contributed by atoms with E-state index >= 15 is 0 Å². The van der Waals surface area contributed by atoms with Crippen molar-refractivity contribution >= 4 is 0 Å². The lowest BCUT2D eigenvalue weighted by Crippen LogP contribution is -2.38. The van der Waals surface area contributed by atoms with Crippen molar-refractivity contribution in [1.82, 2.24) is 10.9 Å². The molecule has 0 saturated carbocycles. The predicted octanol–water partition coefficient (Wildman–Crippen LogP) is 1.89. The first-order chi connectivity index (χ1) is 8.08. The second-order valence-electron chi connectivity index (χ2n) is 5.49. The predicted molar refractivity (Wildman–Crippen MR) is 71.4 cm³/mol. The number of hydrazine groups is 1. The lowest BCUT2D eigenvalue weighted by Gasteiger charge is -2.23. The van der Waals surface area contributed by atoms with Gasteiger partial charge in [0.25, 0.3) is 0 Å². The standard InChI is InChI=1S/C14H23N3/c1-9(2)7-12-13(14(15)17-16-12)11-6-4-5-10(3)8-11/h4-6,8-9,12-14,16-17H,7,15H2,1-3H3. The van der Waals surface area contributed by atoms with Crippen LogP contribution in [0.5, 0.6) is 0 Å². The number of nitrogens with one attached hydrogen (secondary N) is 2. The first kappa shape index (κ1) is 12.6. The summed E-state index contributed by atoms with van der Waals surface area (Å²) in [5.41, 5.74) is 15.3. The van der Waals surface area contributed by atoms with Crippen molar-refractivity contribution in [2.45, 2.75) is 45.3 Å². The molecule has 3 atom stereocenters. The number of aryl methyl sites for hydroxylation is 1. The molecule has 0 bridgehead atoms. The molecule has 0 amide bonds. The van der Waals surface area contributed by atoms with E-state index in [1.165, 1.54) is 11.1 Å². The van der Waals surface area contributed by atoms with Gasteiger partial charge in [0.15, 0.2) is 0 Å². The highest BCUT2D eigenvalue weighted by Gasteiger charge is 2.34. The van der Waals surface area contributed by atoms with Crippen LogP contribution in [-0.4, -0.2) is 12.2 Å². The van der Waals surface area contributed by atoms with Gasteiger partial charge in [-0.15, -0.1) is 0 Å². The Hall–Kier alpha value is -0.900. The Bertz CT molecular complexity index is 375. The van der Waals surface area contributed by atoms with E-state index in [0.29, 0.717) is 17.9 Å². The van der Waals surface area contributed by atoms with Gasteiger partial charge in [-0.05, 0) is 24.8 Å². The molecule has 1 aliphatic rings. The zero-order chi connectivity index (χ0) is 12.4.